The zero-order valence-electron chi connectivity index (χ0n) is 16.6. The molecule has 0 amide bonds. The topological polar surface area (TPSA) is 0 Å². The Morgan fingerprint density at radius 2 is 1.26 bits per heavy atom. The van der Waals surface area contributed by atoms with Crippen molar-refractivity contribution in [1.82, 2.24) is 0 Å². The van der Waals surface area contributed by atoms with E-state index in [1.807, 2.05) is 0 Å². The first-order valence-electron chi connectivity index (χ1n) is 10.1. The molecule has 0 aliphatic carbocycles. The lowest BCUT2D eigenvalue weighted by Gasteiger charge is -2.23. The summed E-state index contributed by atoms with van der Waals surface area (Å²) in [6.45, 7) is 4.60. The molecule has 0 N–H and O–H groups in total. The summed E-state index contributed by atoms with van der Waals surface area (Å²) in [6, 6.07) is 28.7. The average molecular weight is 377 g/mol. The van der Waals surface area contributed by atoms with Gasteiger partial charge in [-0.25, -0.2) is 0 Å². The number of benzene rings is 3. The van der Waals surface area contributed by atoms with E-state index in [4.69, 9.17) is 0 Å². The molecule has 0 nitrogen and oxygen atoms in total. The van der Waals surface area contributed by atoms with Crippen molar-refractivity contribution in [3.05, 3.63) is 84.4 Å². The minimum atomic E-state index is 0. The molecule has 0 spiro atoms. The number of hydrogen-bond acceptors (Lipinski definition) is 0. The van der Waals surface area contributed by atoms with Crippen molar-refractivity contribution in [2.24, 2.45) is 0 Å². The molecule has 0 saturated carbocycles. The maximum Gasteiger partial charge on any atom is -0.00705 e. The predicted molar refractivity (Wildman–Crippen MR) is 125 cm³/mol. The summed E-state index contributed by atoms with van der Waals surface area (Å²) in [5.41, 5.74) is 6.94. The predicted octanol–water partition coefficient (Wildman–Crippen LogP) is 8.21. The Morgan fingerprint density at radius 1 is 0.630 bits per heavy atom. The second kappa shape index (κ2) is 11.0. The van der Waals surface area contributed by atoms with Gasteiger partial charge in [0, 0.05) is 0 Å². The van der Waals surface area contributed by atoms with Crippen molar-refractivity contribution in [1.29, 1.82) is 0 Å². The lowest BCUT2D eigenvalue weighted by atomic mass is 9.81. The van der Waals surface area contributed by atoms with Gasteiger partial charge in [0.15, 0.2) is 0 Å². The van der Waals surface area contributed by atoms with Crippen molar-refractivity contribution in [2.75, 3.05) is 0 Å². The Morgan fingerprint density at radius 3 is 1.85 bits per heavy atom. The van der Waals surface area contributed by atoms with E-state index in [2.05, 4.69) is 92.7 Å². The first-order valence-corrected chi connectivity index (χ1v) is 10.1. The van der Waals surface area contributed by atoms with Crippen LogP contribution in [-0.4, -0.2) is 0 Å². The Hall–Kier alpha value is -1.99. The van der Waals surface area contributed by atoms with E-state index >= 15 is 0 Å². The number of rotatable bonds is 8. The molecule has 0 aliphatic heterocycles. The highest BCUT2D eigenvalue weighted by Crippen LogP contribution is 2.40. The van der Waals surface area contributed by atoms with Crippen molar-refractivity contribution in [3.63, 3.8) is 0 Å². The van der Waals surface area contributed by atoms with Gasteiger partial charge in [-0.15, -0.1) is 0 Å². The summed E-state index contributed by atoms with van der Waals surface area (Å²) >= 11 is 0. The van der Waals surface area contributed by atoms with Crippen LogP contribution in [-0.2, 0) is 0 Å². The quantitative estimate of drug-likeness (QED) is 0.371. The minimum absolute atomic E-state index is 0. The standard InChI is InChI=1S/C26H30.H2S/c1-3-5-14-21(13-4-2)24-19-12-20-25(22-15-8-6-9-16-22)26(24)23-17-10-7-11-18-23;/h6-12,15-21H,3-5,13-14H2,1-2H3;1H2. The van der Waals surface area contributed by atoms with Gasteiger partial charge >= 0.3 is 0 Å². The van der Waals surface area contributed by atoms with Crippen LogP contribution in [0.3, 0.4) is 0 Å². The molecule has 0 radical (unpaired) electrons. The summed E-state index contributed by atoms with van der Waals surface area (Å²) in [5, 5.41) is 0. The van der Waals surface area contributed by atoms with Crippen LogP contribution in [0.1, 0.15) is 57.4 Å². The lowest BCUT2D eigenvalue weighted by Crippen LogP contribution is -2.03. The lowest BCUT2D eigenvalue weighted by molar-refractivity contribution is 0.542. The molecule has 1 heteroatoms. The Bertz CT molecular complexity index is 793. The highest BCUT2D eigenvalue weighted by Gasteiger charge is 2.18. The summed E-state index contributed by atoms with van der Waals surface area (Å²) in [7, 11) is 0. The zero-order chi connectivity index (χ0) is 18.2. The minimum Gasteiger partial charge on any atom is -0.197 e. The highest BCUT2D eigenvalue weighted by atomic mass is 32.1. The molecule has 3 rings (SSSR count). The first-order chi connectivity index (χ1) is 12.8. The van der Waals surface area contributed by atoms with Gasteiger partial charge in [-0.05, 0) is 46.6 Å². The van der Waals surface area contributed by atoms with Gasteiger partial charge in [-0.3, -0.25) is 0 Å². The fraction of sp³-hybridized carbons (Fsp3) is 0.308. The van der Waals surface area contributed by atoms with E-state index < -0.39 is 0 Å². The number of unbranched alkanes of at least 4 members (excludes halogenated alkanes) is 1. The van der Waals surface area contributed by atoms with Crippen LogP contribution < -0.4 is 0 Å². The maximum atomic E-state index is 2.37. The zero-order valence-corrected chi connectivity index (χ0v) is 17.6. The van der Waals surface area contributed by atoms with Crippen molar-refractivity contribution in [3.8, 4) is 22.3 Å². The average Bonchev–Trinajstić information content (AvgIpc) is 2.72. The third-order valence-electron chi connectivity index (χ3n) is 5.23. The Labute approximate surface area is 172 Å². The first kappa shape index (κ1) is 21.3. The van der Waals surface area contributed by atoms with Crippen molar-refractivity contribution >= 4 is 13.5 Å². The van der Waals surface area contributed by atoms with Gasteiger partial charge in [0.05, 0.1) is 0 Å². The molecular weight excluding hydrogens is 344 g/mol. The molecule has 1 unspecified atom stereocenters. The second-order valence-electron chi connectivity index (χ2n) is 7.13. The highest BCUT2D eigenvalue weighted by molar-refractivity contribution is 7.59. The molecule has 0 aromatic heterocycles. The van der Waals surface area contributed by atoms with E-state index in [-0.39, 0.29) is 13.5 Å². The number of hydrogen-bond donors (Lipinski definition) is 0. The van der Waals surface area contributed by atoms with Gasteiger partial charge in [-0.1, -0.05) is 112 Å². The molecule has 3 aromatic carbocycles. The molecular formula is C26H32S. The molecule has 1 atom stereocenters. The molecule has 0 fully saturated rings. The van der Waals surface area contributed by atoms with E-state index in [0.717, 1.165) is 0 Å². The molecule has 142 valence electrons. The van der Waals surface area contributed by atoms with Gasteiger partial charge in [-0.2, -0.15) is 13.5 Å². The van der Waals surface area contributed by atoms with Crippen molar-refractivity contribution < 1.29 is 0 Å². The van der Waals surface area contributed by atoms with Gasteiger partial charge in [0.2, 0.25) is 0 Å². The van der Waals surface area contributed by atoms with E-state index in [9.17, 15) is 0 Å². The van der Waals surface area contributed by atoms with Crippen LogP contribution in [0.5, 0.6) is 0 Å². The maximum absolute atomic E-state index is 2.37. The van der Waals surface area contributed by atoms with Crippen LogP contribution in [0.2, 0.25) is 0 Å². The van der Waals surface area contributed by atoms with E-state index in [1.165, 1.54) is 59.9 Å². The van der Waals surface area contributed by atoms with Crippen molar-refractivity contribution in [2.45, 2.75) is 51.9 Å². The third kappa shape index (κ3) is 5.26. The van der Waals surface area contributed by atoms with Gasteiger partial charge < -0.3 is 0 Å². The van der Waals surface area contributed by atoms with Crippen LogP contribution in [0.25, 0.3) is 22.3 Å². The summed E-state index contributed by atoms with van der Waals surface area (Å²) in [6.07, 6.45) is 6.34. The normalized spacial score (nSPS) is 11.6. The fourth-order valence-corrected chi connectivity index (χ4v) is 3.95. The van der Waals surface area contributed by atoms with Gasteiger partial charge in [0.25, 0.3) is 0 Å². The van der Waals surface area contributed by atoms with Crippen LogP contribution in [0.15, 0.2) is 78.9 Å². The largest absolute Gasteiger partial charge is 0.197 e. The van der Waals surface area contributed by atoms with Crippen LogP contribution in [0.4, 0.5) is 0 Å². The van der Waals surface area contributed by atoms with E-state index in [0.29, 0.717) is 5.92 Å². The molecule has 0 saturated heterocycles. The third-order valence-corrected chi connectivity index (χ3v) is 5.23. The Kier molecular flexibility index (Phi) is 8.67. The smallest absolute Gasteiger partial charge is 0.00705 e. The Balaban J connectivity index is 0.00000261. The fourth-order valence-electron chi connectivity index (χ4n) is 3.95. The SMILES string of the molecule is CCCCC(CCC)c1cccc(-c2ccccc2)c1-c1ccccc1.S. The second-order valence-corrected chi connectivity index (χ2v) is 7.13. The van der Waals surface area contributed by atoms with Crippen LogP contribution in [0, 0.1) is 0 Å². The summed E-state index contributed by atoms with van der Waals surface area (Å²) < 4.78 is 0. The molecule has 0 bridgehead atoms. The summed E-state index contributed by atoms with van der Waals surface area (Å²) in [4.78, 5) is 0. The van der Waals surface area contributed by atoms with E-state index in [1.54, 1.807) is 0 Å². The molecule has 3 aromatic rings. The summed E-state index contributed by atoms with van der Waals surface area (Å²) in [5.74, 6) is 0.638. The molecule has 27 heavy (non-hydrogen) atoms. The molecule has 0 heterocycles. The van der Waals surface area contributed by atoms with Gasteiger partial charge in [0.1, 0.15) is 0 Å². The molecule has 0 aliphatic rings. The monoisotopic (exact) mass is 376 g/mol. The van der Waals surface area contributed by atoms with Crippen LogP contribution >= 0.6 is 13.5 Å².